The summed E-state index contributed by atoms with van der Waals surface area (Å²) in [6.45, 7) is 3.32. The number of piperidine rings is 1. The van der Waals surface area contributed by atoms with E-state index in [0.717, 1.165) is 0 Å². The molecule has 1 fully saturated rings. The first-order valence-corrected chi connectivity index (χ1v) is 9.93. The molecule has 8 heteroatoms. The molecule has 2 aliphatic heterocycles. The van der Waals surface area contributed by atoms with E-state index in [4.69, 9.17) is 9.47 Å². The minimum Gasteiger partial charge on any atom is -0.486 e. The van der Waals surface area contributed by atoms with Crippen molar-refractivity contribution in [3.8, 4) is 11.5 Å². The number of nitro groups is 1. The zero-order valence-electron chi connectivity index (χ0n) is 16.6. The van der Waals surface area contributed by atoms with Crippen LogP contribution in [0.15, 0.2) is 36.4 Å². The van der Waals surface area contributed by atoms with Crippen molar-refractivity contribution >= 4 is 17.4 Å². The Balaban J connectivity index is 1.44. The van der Waals surface area contributed by atoms with Crippen molar-refractivity contribution < 1.29 is 24.0 Å². The summed E-state index contributed by atoms with van der Waals surface area (Å²) in [5.74, 6) is 0.657. The summed E-state index contributed by atoms with van der Waals surface area (Å²) in [6.07, 6.45) is 1.03. The van der Waals surface area contributed by atoms with E-state index in [9.17, 15) is 19.7 Å². The van der Waals surface area contributed by atoms with Crippen molar-refractivity contribution in [1.82, 2.24) is 4.90 Å². The Hall–Kier alpha value is -3.42. The van der Waals surface area contributed by atoms with Crippen LogP contribution < -0.4 is 9.47 Å². The molecule has 2 aliphatic rings. The smallest absolute Gasteiger partial charge is 0.285 e. The van der Waals surface area contributed by atoms with E-state index < -0.39 is 4.92 Å². The minimum atomic E-state index is -0.513. The SMILES string of the molecule is Cc1cccc(C(=O)N2CCC(C(=O)c3ccc4c(c3)OCCO4)CC2)c1[N+](=O)[O-]. The van der Waals surface area contributed by atoms with Gasteiger partial charge in [0.2, 0.25) is 0 Å². The fourth-order valence-electron chi connectivity index (χ4n) is 4.02. The fraction of sp³-hybridized carbons (Fsp3) is 0.364. The van der Waals surface area contributed by atoms with Crippen LogP contribution in [0.1, 0.15) is 39.1 Å². The summed E-state index contributed by atoms with van der Waals surface area (Å²) in [6, 6.07) is 9.95. The lowest BCUT2D eigenvalue weighted by molar-refractivity contribution is -0.385. The number of carbonyl (C=O) groups excluding carboxylic acids is 2. The second-order valence-corrected chi connectivity index (χ2v) is 7.52. The van der Waals surface area contributed by atoms with Crippen LogP contribution in [0.3, 0.4) is 0 Å². The molecule has 1 amide bonds. The summed E-state index contributed by atoms with van der Waals surface area (Å²) in [4.78, 5) is 38.3. The summed E-state index contributed by atoms with van der Waals surface area (Å²) in [7, 11) is 0. The molecule has 2 heterocycles. The molecular weight excluding hydrogens is 388 g/mol. The first-order chi connectivity index (χ1) is 14.5. The number of hydrogen-bond acceptors (Lipinski definition) is 6. The van der Waals surface area contributed by atoms with Crippen molar-refractivity contribution in [2.45, 2.75) is 19.8 Å². The normalized spacial score (nSPS) is 16.2. The van der Waals surface area contributed by atoms with E-state index in [-0.39, 0.29) is 28.9 Å². The maximum Gasteiger partial charge on any atom is 0.285 e. The summed E-state index contributed by atoms with van der Waals surface area (Å²) < 4.78 is 11.0. The zero-order valence-corrected chi connectivity index (χ0v) is 16.6. The third-order valence-electron chi connectivity index (χ3n) is 5.63. The van der Waals surface area contributed by atoms with E-state index in [2.05, 4.69) is 0 Å². The lowest BCUT2D eigenvalue weighted by atomic mass is 9.88. The van der Waals surface area contributed by atoms with Crippen LogP contribution in [0.4, 0.5) is 5.69 Å². The Bertz CT molecular complexity index is 1010. The number of Topliss-reactive ketones (excluding diaryl/α,β-unsaturated/α-hetero) is 1. The number of amides is 1. The molecule has 30 heavy (non-hydrogen) atoms. The Morgan fingerprint density at radius 2 is 1.77 bits per heavy atom. The van der Waals surface area contributed by atoms with Crippen molar-refractivity contribution in [2.24, 2.45) is 5.92 Å². The number of rotatable bonds is 4. The quantitative estimate of drug-likeness (QED) is 0.435. The van der Waals surface area contributed by atoms with Crippen LogP contribution in [-0.4, -0.2) is 47.8 Å². The summed E-state index contributed by atoms with van der Waals surface area (Å²) in [5, 5.41) is 11.4. The van der Waals surface area contributed by atoms with Crippen LogP contribution >= 0.6 is 0 Å². The van der Waals surface area contributed by atoms with Crippen LogP contribution in [0, 0.1) is 23.0 Å². The van der Waals surface area contributed by atoms with E-state index in [1.807, 2.05) is 0 Å². The summed E-state index contributed by atoms with van der Waals surface area (Å²) >= 11 is 0. The zero-order chi connectivity index (χ0) is 21.3. The van der Waals surface area contributed by atoms with Crippen LogP contribution in [0.25, 0.3) is 0 Å². The number of fused-ring (bicyclic) bond motifs is 1. The first-order valence-electron chi connectivity index (χ1n) is 9.93. The maximum absolute atomic E-state index is 12.9. The van der Waals surface area contributed by atoms with Crippen molar-refractivity contribution in [3.63, 3.8) is 0 Å². The van der Waals surface area contributed by atoms with Gasteiger partial charge in [-0.25, -0.2) is 0 Å². The molecule has 0 bridgehead atoms. The van der Waals surface area contributed by atoms with Gasteiger partial charge in [0.05, 0.1) is 4.92 Å². The number of ketones is 1. The molecule has 0 N–H and O–H groups in total. The van der Waals surface area contributed by atoms with Gasteiger partial charge in [-0.1, -0.05) is 12.1 Å². The molecule has 0 atom stereocenters. The average molecular weight is 410 g/mol. The molecule has 2 aromatic carbocycles. The number of hydrogen-bond donors (Lipinski definition) is 0. The third-order valence-corrected chi connectivity index (χ3v) is 5.63. The van der Waals surface area contributed by atoms with Gasteiger partial charge in [-0.3, -0.25) is 19.7 Å². The first kappa shape index (κ1) is 19.9. The van der Waals surface area contributed by atoms with Crippen molar-refractivity contribution in [3.05, 3.63) is 63.2 Å². The number of nitrogens with zero attached hydrogens (tertiary/aromatic N) is 2. The molecule has 8 nitrogen and oxygen atoms in total. The maximum atomic E-state index is 12.9. The predicted molar refractivity (Wildman–Crippen MR) is 108 cm³/mol. The number of nitro benzene ring substituents is 1. The fourth-order valence-corrected chi connectivity index (χ4v) is 4.02. The molecule has 0 aromatic heterocycles. The molecule has 1 saturated heterocycles. The topological polar surface area (TPSA) is 99.0 Å². The molecule has 0 aliphatic carbocycles. The van der Waals surface area contributed by atoms with Gasteiger partial charge in [-0.15, -0.1) is 0 Å². The van der Waals surface area contributed by atoms with Gasteiger partial charge in [0, 0.05) is 30.1 Å². The molecule has 0 radical (unpaired) electrons. The highest BCUT2D eigenvalue weighted by atomic mass is 16.6. The number of aryl methyl sites for hydroxylation is 1. The number of carbonyl (C=O) groups is 2. The van der Waals surface area contributed by atoms with Gasteiger partial charge in [-0.05, 0) is 44.0 Å². The molecule has 0 saturated carbocycles. The molecule has 0 spiro atoms. The molecule has 2 aromatic rings. The summed E-state index contributed by atoms with van der Waals surface area (Å²) in [5.41, 5.74) is 0.960. The Morgan fingerprint density at radius 1 is 1.07 bits per heavy atom. The number of benzene rings is 2. The number of likely N-dealkylation sites (tertiary alicyclic amines) is 1. The monoisotopic (exact) mass is 410 g/mol. The molecule has 4 rings (SSSR count). The number of para-hydroxylation sites is 1. The highest BCUT2D eigenvalue weighted by Gasteiger charge is 2.32. The van der Waals surface area contributed by atoms with Crippen LogP contribution in [0.2, 0.25) is 0 Å². The van der Waals surface area contributed by atoms with Gasteiger partial charge in [-0.2, -0.15) is 0 Å². The minimum absolute atomic E-state index is 0.0145. The van der Waals surface area contributed by atoms with E-state index >= 15 is 0 Å². The molecular formula is C22H22N2O6. The van der Waals surface area contributed by atoms with Gasteiger partial charge in [0.25, 0.3) is 11.6 Å². The third kappa shape index (κ3) is 3.72. The van der Waals surface area contributed by atoms with Crippen molar-refractivity contribution in [1.29, 1.82) is 0 Å². The standard InChI is InChI=1S/C22H22N2O6/c1-14-3-2-4-17(20(14)24(27)28)22(26)23-9-7-15(8-10-23)21(25)16-5-6-18-19(13-16)30-12-11-29-18/h2-6,13,15H,7-12H2,1H3. The Labute approximate surface area is 173 Å². The van der Waals surface area contributed by atoms with Crippen molar-refractivity contribution in [2.75, 3.05) is 26.3 Å². The lowest BCUT2D eigenvalue weighted by Crippen LogP contribution is -2.40. The van der Waals surface area contributed by atoms with E-state index in [1.165, 1.54) is 6.07 Å². The molecule has 0 unspecified atom stereocenters. The lowest BCUT2D eigenvalue weighted by Gasteiger charge is -2.31. The highest BCUT2D eigenvalue weighted by Crippen LogP contribution is 2.33. The van der Waals surface area contributed by atoms with Gasteiger partial charge >= 0.3 is 0 Å². The predicted octanol–water partition coefficient (Wildman–Crippen LogP) is 3.41. The second-order valence-electron chi connectivity index (χ2n) is 7.52. The Kier molecular flexibility index (Phi) is 5.39. The molecule has 156 valence electrons. The van der Waals surface area contributed by atoms with Gasteiger partial charge in [0.1, 0.15) is 18.8 Å². The van der Waals surface area contributed by atoms with Gasteiger partial charge < -0.3 is 14.4 Å². The number of ether oxygens (including phenoxy) is 2. The van der Waals surface area contributed by atoms with E-state index in [0.29, 0.717) is 61.8 Å². The largest absolute Gasteiger partial charge is 0.486 e. The van der Waals surface area contributed by atoms with Crippen LogP contribution in [-0.2, 0) is 0 Å². The average Bonchev–Trinajstić information content (AvgIpc) is 2.77. The second kappa shape index (κ2) is 8.14. The van der Waals surface area contributed by atoms with E-state index in [1.54, 1.807) is 42.2 Å². The van der Waals surface area contributed by atoms with Crippen LogP contribution in [0.5, 0.6) is 11.5 Å². The highest BCUT2D eigenvalue weighted by molar-refractivity contribution is 6.00. The Morgan fingerprint density at radius 3 is 2.47 bits per heavy atom. The van der Waals surface area contributed by atoms with Gasteiger partial charge in [0.15, 0.2) is 17.3 Å².